The fourth-order valence-corrected chi connectivity index (χ4v) is 3.61. The van der Waals surface area contributed by atoms with Crippen molar-refractivity contribution in [2.75, 3.05) is 5.32 Å². The number of ether oxygens (including phenoxy) is 1. The second-order valence-corrected chi connectivity index (χ2v) is 8.57. The Hall–Kier alpha value is -3.93. The lowest BCUT2D eigenvalue weighted by Crippen LogP contribution is -2.30. The molecule has 0 aliphatic rings. The van der Waals surface area contributed by atoms with Gasteiger partial charge in [-0.2, -0.15) is 0 Å². The van der Waals surface area contributed by atoms with E-state index in [-0.39, 0.29) is 17.0 Å². The lowest BCUT2D eigenvalue weighted by Gasteiger charge is -2.15. The summed E-state index contributed by atoms with van der Waals surface area (Å²) in [6, 6.07) is 18.8. The van der Waals surface area contributed by atoms with Crippen LogP contribution in [-0.2, 0) is 4.79 Å². The highest BCUT2D eigenvalue weighted by molar-refractivity contribution is 6.17. The van der Waals surface area contributed by atoms with Gasteiger partial charge in [-0.25, -0.2) is 4.39 Å². The van der Waals surface area contributed by atoms with Gasteiger partial charge in [-0.05, 0) is 61.2 Å². The molecule has 0 saturated heterocycles. The maximum absolute atomic E-state index is 14.1. The number of rotatable bonds is 7. The van der Waals surface area contributed by atoms with E-state index >= 15 is 0 Å². The maximum Gasteiger partial charge on any atom is 0.265 e. The number of fused-ring (bicyclic) bond motifs is 1. The van der Waals surface area contributed by atoms with Crippen molar-refractivity contribution in [2.45, 2.75) is 39.7 Å². The average Bonchev–Trinajstić information content (AvgIpc) is 3.19. The van der Waals surface area contributed by atoms with Crippen LogP contribution in [-0.4, -0.2) is 17.8 Å². The second-order valence-electron chi connectivity index (χ2n) is 8.57. The zero-order chi connectivity index (χ0) is 24.4. The van der Waals surface area contributed by atoms with Crippen LogP contribution in [0.3, 0.4) is 0 Å². The molecule has 1 N–H and O–H groups in total. The van der Waals surface area contributed by atoms with E-state index < -0.39 is 23.6 Å². The van der Waals surface area contributed by atoms with Crippen LogP contribution < -0.4 is 10.1 Å². The number of carbonyl (C=O) groups excluding carboxylic acids is 2. The Bertz CT molecular complexity index is 1350. The number of carbonyl (C=O) groups is 2. The van der Waals surface area contributed by atoms with E-state index in [4.69, 9.17) is 9.15 Å². The molecule has 6 heteroatoms. The lowest BCUT2D eigenvalue weighted by atomic mass is 10.0. The first-order valence-electron chi connectivity index (χ1n) is 11.1. The van der Waals surface area contributed by atoms with Gasteiger partial charge in [-0.1, -0.05) is 50.2 Å². The summed E-state index contributed by atoms with van der Waals surface area (Å²) in [4.78, 5) is 26.2. The molecule has 0 aliphatic heterocycles. The summed E-state index contributed by atoms with van der Waals surface area (Å²) in [6.45, 7) is 7.45. The van der Waals surface area contributed by atoms with E-state index in [0.29, 0.717) is 28.2 Å². The third-order valence-corrected chi connectivity index (χ3v) is 5.71. The molecule has 3 aromatic carbocycles. The first kappa shape index (κ1) is 23.2. The number of ketones is 1. The second kappa shape index (κ2) is 9.51. The molecule has 1 amide bonds. The molecule has 1 unspecified atom stereocenters. The van der Waals surface area contributed by atoms with Gasteiger partial charge in [0.15, 0.2) is 11.9 Å². The Morgan fingerprint density at radius 1 is 0.971 bits per heavy atom. The summed E-state index contributed by atoms with van der Waals surface area (Å²) in [5.74, 6) is -0.561. The molecule has 1 heterocycles. The molecule has 1 aromatic heterocycles. The Morgan fingerprint density at radius 3 is 2.35 bits per heavy atom. The molecule has 1 atom stereocenters. The predicted octanol–water partition coefficient (Wildman–Crippen LogP) is 6.64. The number of benzene rings is 3. The van der Waals surface area contributed by atoms with E-state index in [0.717, 1.165) is 0 Å². The topological polar surface area (TPSA) is 68.5 Å². The van der Waals surface area contributed by atoms with Crippen molar-refractivity contribution in [1.29, 1.82) is 0 Å². The summed E-state index contributed by atoms with van der Waals surface area (Å²) in [7, 11) is 0. The summed E-state index contributed by atoms with van der Waals surface area (Å²) < 4.78 is 25.7. The summed E-state index contributed by atoms with van der Waals surface area (Å²) in [5.41, 5.74) is 2.41. The zero-order valence-corrected chi connectivity index (χ0v) is 19.5. The Morgan fingerprint density at radius 2 is 1.68 bits per heavy atom. The van der Waals surface area contributed by atoms with Crippen LogP contribution in [0.2, 0.25) is 0 Å². The van der Waals surface area contributed by atoms with E-state index in [1.807, 2.05) is 24.3 Å². The van der Waals surface area contributed by atoms with Crippen LogP contribution in [0, 0.1) is 12.7 Å². The van der Waals surface area contributed by atoms with Gasteiger partial charge in [0.2, 0.25) is 5.78 Å². The Balaban J connectivity index is 1.61. The Kier molecular flexibility index (Phi) is 6.50. The van der Waals surface area contributed by atoms with Crippen LogP contribution >= 0.6 is 0 Å². The fraction of sp³-hybridized carbons (Fsp3) is 0.214. The summed E-state index contributed by atoms with van der Waals surface area (Å²) in [6.07, 6.45) is -0.835. The van der Waals surface area contributed by atoms with Crippen LogP contribution in [0.4, 0.5) is 10.1 Å². The number of hydrogen-bond acceptors (Lipinski definition) is 4. The van der Waals surface area contributed by atoms with Crippen molar-refractivity contribution in [3.05, 3.63) is 95.0 Å². The van der Waals surface area contributed by atoms with E-state index in [1.165, 1.54) is 23.8 Å². The van der Waals surface area contributed by atoms with Crippen molar-refractivity contribution in [3.8, 4) is 5.75 Å². The minimum absolute atomic E-state index is 0.0636. The van der Waals surface area contributed by atoms with Gasteiger partial charge >= 0.3 is 0 Å². The first-order valence-corrected chi connectivity index (χ1v) is 11.1. The Labute approximate surface area is 197 Å². The molecule has 0 spiro atoms. The van der Waals surface area contributed by atoms with Crippen LogP contribution in [0.5, 0.6) is 5.75 Å². The normalized spacial score (nSPS) is 12.1. The quantitative estimate of drug-likeness (QED) is 0.315. The monoisotopic (exact) mass is 459 g/mol. The van der Waals surface area contributed by atoms with Gasteiger partial charge < -0.3 is 14.5 Å². The van der Waals surface area contributed by atoms with Crippen molar-refractivity contribution < 1.29 is 23.1 Å². The van der Waals surface area contributed by atoms with Crippen LogP contribution in [0.15, 0.2) is 71.1 Å². The van der Waals surface area contributed by atoms with Gasteiger partial charge in [-0.3, -0.25) is 9.59 Å². The van der Waals surface area contributed by atoms with Crippen molar-refractivity contribution >= 4 is 28.3 Å². The highest BCUT2D eigenvalue weighted by atomic mass is 19.1. The zero-order valence-electron chi connectivity index (χ0n) is 19.5. The van der Waals surface area contributed by atoms with Gasteiger partial charge in [0.25, 0.3) is 5.91 Å². The van der Waals surface area contributed by atoms with E-state index in [2.05, 4.69) is 19.2 Å². The third kappa shape index (κ3) is 4.71. The third-order valence-electron chi connectivity index (χ3n) is 5.71. The SMILES string of the molecule is Cc1ccc(C(=O)c2oc3ccccc3c2NC(=O)C(C)Oc2ccc(C(C)C)cc2)cc1F. The highest BCUT2D eigenvalue weighted by Gasteiger charge is 2.26. The molecule has 0 saturated carbocycles. The molecule has 34 heavy (non-hydrogen) atoms. The number of hydrogen-bond donors (Lipinski definition) is 1. The predicted molar refractivity (Wildman–Crippen MR) is 130 cm³/mol. The van der Waals surface area contributed by atoms with E-state index in [1.54, 1.807) is 38.1 Å². The summed E-state index contributed by atoms with van der Waals surface area (Å²) >= 11 is 0. The smallest absolute Gasteiger partial charge is 0.265 e. The van der Waals surface area contributed by atoms with Gasteiger partial charge in [0.1, 0.15) is 17.1 Å². The average molecular weight is 460 g/mol. The molecular formula is C28H26FNO4. The summed E-state index contributed by atoms with van der Waals surface area (Å²) in [5, 5.41) is 3.36. The van der Waals surface area contributed by atoms with Crippen molar-refractivity contribution in [3.63, 3.8) is 0 Å². The number of furan rings is 1. The maximum atomic E-state index is 14.1. The number of aryl methyl sites for hydroxylation is 1. The van der Waals surface area contributed by atoms with Gasteiger partial charge in [0, 0.05) is 10.9 Å². The largest absolute Gasteiger partial charge is 0.481 e. The number of amides is 1. The molecule has 0 radical (unpaired) electrons. The number of para-hydroxylation sites is 1. The van der Waals surface area contributed by atoms with E-state index in [9.17, 15) is 14.0 Å². The highest BCUT2D eigenvalue weighted by Crippen LogP contribution is 2.33. The molecular weight excluding hydrogens is 433 g/mol. The molecule has 174 valence electrons. The first-order chi connectivity index (χ1) is 16.2. The molecule has 0 aliphatic carbocycles. The minimum atomic E-state index is -0.835. The standard InChI is InChI=1S/C28H26FNO4/c1-16(2)19-11-13-21(14-12-19)33-18(4)28(32)30-25-22-7-5-6-8-24(22)34-27(25)26(31)20-10-9-17(3)23(29)15-20/h5-16,18H,1-4H3,(H,30,32). The lowest BCUT2D eigenvalue weighted by molar-refractivity contribution is -0.122. The molecule has 4 aromatic rings. The van der Waals surface area contributed by atoms with Crippen LogP contribution in [0.1, 0.15) is 53.9 Å². The van der Waals surface area contributed by atoms with Crippen LogP contribution in [0.25, 0.3) is 11.0 Å². The number of anilines is 1. The number of nitrogens with one attached hydrogen (secondary N) is 1. The molecule has 5 nitrogen and oxygen atoms in total. The minimum Gasteiger partial charge on any atom is -0.481 e. The van der Waals surface area contributed by atoms with Gasteiger partial charge in [-0.15, -0.1) is 0 Å². The molecule has 0 fully saturated rings. The molecule has 0 bridgehead atoms. The molecule has 4 rings (SSSR count). The van der Waals surface area contributed by atoms with Crippen molar-refractivity contribution in [2.24, 2.45) is 0 Å². The van der Waals surface area contributed by atoms with Crippen molar-refractivity contribution in [1.82, 2.24) is 0 Å². The number of halogens is 1. The fourth-order valence-electron chi connectivity index (χ4n) is 3.61. The van der Waals surface area contributed by atoms with Gasteiger partial charge in [0.05, 0.1) is 5.69 Å².